The molecule has 2 aromatic rings. The Morgan fingerprint density at radius 2 is 2.03 bits per heavy atom. The van der Waals surface area contributed by atoms with Gasteiger partial charge in [-0.2, -0.15) is 0 Å². The lowest BCUT2D eigenvalue weighted by Gasteiger charge is -2.48. The van der Waals surface area contributed by atoms with Gasteiger partial charge < -0.3 is 20.0 Å². The fourth-order valence-electron chi connectivity index (χ4n) is 5.63. The molecule has 5 nitrogen and oxygen atoms in total. The summed E-state index contributed by atoms with van der Waals surface area (Å²) in [4.78, 5) is 20.1. The predicted molar refractivity (Wildman–Crippen MR) is 134 cm³/mol. The van der Waals surface area contributed by atoms with Crippen molar-refractivity contribution in [1.29, 1.82) is 0 Å². The summed E-state index contributed by atoms with van der Waals surface area (Å²) in [6.45, 7) is 10.9. The highest BCUT2D eigenvalue weighted by molar-refractivity contribution is 7.12. The molecule has 1 aromatic carbocycles. The maximum absolute atomic E-state index is 12.8. The maximum Gasteiger partial charge on any atom is 0.253 e. The van der Waals surface area contributed by atoms with E-state index in [0.717, 1.165) is 57.4 Å². The van der Waals surface area contributed by atoms with Crippen molar-refractivity contribution in [2.24, 2.45) is 5.92 Å². The molecule has 0 aliphatic carbocycles. The standard InChI is InChI=1S/C27H38N2O3S/c1-4-23-13-24(25(33-23)8-11-30)27(3)9-10-28(19(2)14-27)15-21-16-29(17-21)26(32)22-7-5-6-20(12-22)18-31/h5-7,12-13,19,21,30-31H,4,8-11,14-18H2,1-3H3/t19-,27-/m0/s1. The average molecular weight is 471 g/mol. The zero-order valence-electron chi connectivity index (χ0n) is 20.2. The number of aryl methyl sites for hydroxylation is 1. The monoisotopic (exact) mass is 470 g/mol. The Bertz CT molecular complexity index is 968. The van der Waals surface area contributed by atoms with Gasteiger partial charge in [0, 0.05) is 59.9 Å². The van der Waals surface area contributed by atoms with E-state index in [1.54, 1.807) is 6.07 Å². The number of amides is 1. The van der Waals surface area contributed by atoms with Gasteiger partial charge in [0.15, 0.2) is 0 Å². The van der Waals surface area contributed by atoms with Crippen molar-refractivity contribution in [3.8, 4) is 0 Å². The van der Waals surface area contributed by atoms with E-state index in [1.165, 1.54) is 15.3 Å². The fourth-order valence-corrected chi connectivity index (χ4v) is 6.88. The van der Waals surface area contributed by atoms with Crippen molar-refractivity contribution in [3.05, 3.63) is 56.8 Å². The third-order valence-corrected chi connectivity index (χ3v) is 8.95. The number of nitrogens with zero attached hydrogens (tertiary/aromatic N) is 2. The van der Waals surface area contributed by atoms with Crippen LogP contribution < -0.4 is 0 Å². The minimum absolute atomic E-state index is 0.0395. The maximum atomic E-state index is 12.8. The van der Waals surface area contributed by atoms with Crippen molar-refractivity contribution in [2.75, 3.05) is 32.8 Å². The minimum atomic E-state index is -0.0395. The number of rotatable bonds is 8. The van der Waals surface area contributed by atoms with Crippen molar-refractivity contribution in [1.82, 2.24) is 9.80 Å². The van der Waals surface area contributed by atoms with Crippen LogP contribution in [0.3, 0.4) is 0 Å². The van der Waals surface area contributed by atoms with Gasteiger partial charge in [0.05, 0.1) is 6.61 Å². The number of benzene rings is 1. The summed E-state index contributed by atoms with van der Waals surface area (Å²) in [5.74, 6) is 0.598. The van der Waals surface area contributed by atoms with Crippen LogP contribution in [0.15, 0.2) is 30.3 Å². The highest BCUT2D eigenvalue weighted by Crippen LogP contribution is 2.43. The van der Waals surface area contributed by atoms with E-state index in [9.17, 15) is 15.0 Å². The highest BCUT2D eigenvalue weighted by Gasteiger charge is 2.40. The van der Waals surface area contributed by atoms with Crippen LogP contribution in [0.2, 0.25) is 0 Å². The third kappa shape index (κ3) is 5.19. The molecule has 2 aliphatic rings. The Morgan fingerprint density at radius 1 is 1.24 bits per heavy atom. The van der Waals surface area contributed by atoms with E-state index in [-0.39, 0.29) is 24.5 Å². The number of hydrogen-bond acceptors (Lipinski definition) is 5. The second-order valence-corrected chi connectivity index (χ2v) is 11.4. The summed E-state index contributed by atoms with van der Waals surface area (Å²) >= 11 is 1.88. The molecule has 2 fully saturated rings. The van der Waals surface area contributed by atoms with E-state index in [4.69, 9.17) is 0 Å². The average Bonchev–Trinajstić information content (AvgIpc) is 3.21. The first-order valence-corrected chi connectivity index (χ1v) is 13.1. The summed E-state index contributed by atoms with van der Waals surface area (Å²) in [5, 5.41) is 18.9. The van der Waals surface area contributed by atoms with Crippen LogP contribution in [-0.2, 0) is 24.9 Å². The molecule has 6 heteroatoms. The lowest BCUT2D eigenvalue weighted by atomic mass is 9.71. The highest BCUT2D eigenvalue weighted by atomic mass is 32.1. The number of hydrogen-bond donors (Lipinski definition) is 2. The quantitative estimate of drug-likeness (QED) is 0.615. The molecular formula is C27H38N2O3S. The van der Waals surface area contributed by atoms with Crippen LogP contribution in [-0.4, -0.2) is 64.7 Å². The molecule has 1 amide bonds. The van der Waals surface area contributed by atoms with Gasteiger partial charge in [0.25, 0.3) is 5.91 Å². The van der Waals surface area contributed by atoms with Gasteiger partial charge in [-0.1, -0.05) is 26.0 Å². The van der Waals surface area contributed by atoms with Crippen molar-refractivity contribution >= 4 is 17.2 Å². The molecular weight excluding hydrogens is 432 g/mol. The predicted octanol–water partition coefficient (Wildman–Crippen LogP) is 3.85. The van der Waals surface area contributed by atoms with Gasteiger partial charge in [-0.05, 0) is 67.5 Å². The second-order valence-electron chi connectivity index (χ2n) is 10.2. The molecule has 4 rings (SSSR count). The second kappa shape index (κ2) is 10.3. The van der Waals surface area contributed by atoms with Crippen molar-refractivity contribution in [3.63, 3.8) is 0 Å². The molecule has 0 saturated carbocycles. The Labute approximate surface area is 202 Å². The SMILES string of the molecule is CCc1cc([C@@]2(C)CCN(CC3CN(C(=O)c4cccc(CO)c4)C3)[C@@H](C)C2)c(CCO)s1. The Kier molecular flexibility index (Phi) is 7.59. The number of carbonyl (C=O) groups excluding carboxylic acids is 1. The molecule has 180 valence electrons. The van der Waals surface area contributed by atoms with E-state index < -0.39 is 0 Å². The van der Waals surface area contributed by atoms with Crippen LogP contribution in [0.25, 0.3) is 0 Å². The third-order valence-electron chi connectivity index (χ3n) is 7.61. The smallest absolute Gasteiger partial charge is 0.253 e. The Hall–Kier alpha value is -1.73. The summed E-state index contributed by atoms with van der Waals surface area (Å²) in [6, 6.07) is 10.2. The molecule has 2 saturated heterocycles. The lowest BCUT2D eigenvalue weighted by molar-refractivity contribution is 0.0259. The van der Waals surface area contributed by atoms with Gasteiger partial charge in [-0.15, -0.1) is 11.3 Å². The van der Waals surface area contributed by atoms with Crippen molar-refractivity contribution < 1.29 is 15.0 Å². The number of likely N-dealkylation sites (tertiary alicyclic amines) is 2. The van der Waals surface area contributed by atoms with Crippen LogP contribution >= 0.6 is 11.3 Å². The summed E-state index contributed by atoms with van der Waals surface area (Å²) in [7, 11) is 0. The minimum Gasteiger partial charge on any atom is -0.396 e. The number of carbonyl (C=O) groups is 1. The zero-order valence-corrected chi connectivity index (χ0v) is 21.0. The first-order chi connectivity index (χ1) is 15.9. The zero-order chi connectivity index (χ0) is 23.6. The lowest BCUT2D eigenvalue weighted by Crippen LogP contribution is -2.56. The first-order valence-electron chi connectivity index (χ1n) is 12.3. The van der Waals surface area contributed by atoms with Gasteiger partial charge in [-0.3, -0.25) is 4.79 Å². The van der Waals surface area contributed by atoms with E-state index >= 15 is 0 Å². The van der Waals surface area contributed by atoms with Gasteiger partial charge in [0.1, 0.15) is 0 Å². The molecule has 2 atom stereocenters. The molecule has 0 radical (unpaired) electrons. The summed E-state index contributed by atoms with van der Waals surface area (Å²) in [6.07, 6.45) is 4.09. The van der Waals surface area contributed by atoms with Gasteiger partial charge in [0.2, 0.25) is 0 Å². The number of thiophene rings is 1. The molecule has 1 aromatic heterocycles. The number of aliphatic hydroxyl groups is 2. The summed E-state index contributed by atoms with van der Waals surface area (Å²) < 4.78 is 0. The molecule has 0 bridgehead atoms. The number of aliphatic hydroxyl groups excluding tert-OH is 2. The molecule has 0 spiro atoms. The molecule has 2 N–H and O–H groups in total. The molecule has 0 unspecified atom stereocenters. The van der Waals surface area contributed by atoms with Crippen LogP contribution in [0.5, 0.6) is 0 Å². The Balaban J connectivity index is 1.32. The molecule has 33 heavy (non-hydrogen) atoms. The molecule has 2 aliphatic heterocycles. The fraction of sp³-hybridized carbons (Fsp3) is 0.593. The van der Waals surface area contributed by atoms with E-state index in [2.05, 4.69) is 31.7 Å². The van der Waals surface area contributed by atoms with Crippen molar-refractivity contribution in [2.45, 2.75) is 64.5 Å². The largest absolute Gasteiger partial charge is 0.396 e. The topological polar surface area (TPSA) is 64.0 Å². The first kappa shape index (κ1) is 24.4. The Morgan fingerprint density at radius 3 is 2.70 bits per heavy atom. The van der Waals surface area contributed by atoms with Gasteiger partial charge in [-0.25, -0.2) is 0 Å². The van der Waals surface area contributed by atoms with E-state index in [1.807, 2.05) is 34.4 Å². The van der Waals surface area contributed by atoms with Crippen LogP contribution in [0, 0.1) is 5.92 Å². The van der Waals surface area contributed by atoms with Gasteiger partial charge >= 0.3 is 0 Å². The summed E-state index contributed by atoms with van der Waals surface area (Å²) in [5.41, 5.74) is 3.09. The normalized spacial score (nSPS) is 24.2. The number of piperidine rings is 1. The van der Waals surface area contributed by atoms with E-state index in [0.29, 0.717) is 17.5 Å². The van der Waals surface area contributed by atoms with Crippen LogP contribution in [0.1, 0.15) is 64.9 Å². The van der Waals surface area contributed by atoms with Crippen LogP contribution in [0.4, 0.5) is 0 Å². The molecule has 3 heterocycles.